The topological polar surface area (TPSA) is 75.4 Å². The van der Waals surface area contributed by atoms with Gasteiger partial charge in [0.2, 0.25) is 5.91 Å². The van der Waals surface area contributed by atoms with Crippen LogP contribution in [-0.4, -0.2) is 17.6 Å². The number of phenolic OH excluding ortho intramolecular Hbond substituents is 1. The maximum Gasteiger partial charge on any atom is 0.220 e. The highest BCUT2D eigenvalue weighted by molar-refractivity contribution is 6.42. The number of hydrogen-bond acceptors (Lipinski definition) is 3. The van der Waals surface area contributed by atoms with Crippen molar-refractivity contribution >= 4 is 29.1 Å². The molecule has 0 unspecified atom stereocenters. The number of nitrogens with two attached hydrogens (primary N) is 1. The van der Waals surface area contributed by atoms with Crippen molar-refractivity contribution in [2.45, 2.75) is 25.8 Å². The maximum absolute atomic E-state index is 11.4. The van der Waals surface area contributed by atoms with Gasteiger partial charge in [0.05, 0.1) is 10.0 Å². The highest BCUT2D eigenvalue weighted by Gasteiger charge is 2.35. The normalized spacial score (nSPS) is 23.8. The fourth-order valence-corrected chi connectivity index (χ4v) is 3.40. The largest absolute Gasteiger partial charge is 0.508 e. The molecule has 0 aliphatic carbocycles. The second-order valence-corrected chi connectivity index (χ2v) is 5.95. The van der Waals surface area contributed by atoms with E-state index in [1.54, 1.807) is 6.07 Å². The molecule has 20 heavy (non-hydrogen) atoms. The number of nitrogens with one attached hydrogen (secondary N) is 1. The maximum atomic E-state index is 11.4. The van der Waals surface area contributed by atoms with Crippen LogP contribution in [-0.2, 0) is 4.79 Å². The third-order valence-corrected chi connectivity index (χ3v) is 4.82. The number of phenols is 1. The molecule has 4 N–H and O–H groups in total. The van der Waals surface area contributed by atoms with Crippen LogP contribution in [0.1, 0.15) is 31.4 Å². The molecule has 1 heterocycles. The molecule has 1 aromatic rings. The van der Waals surface area contributed by atoms with E-state index < -0.39 is 0 Å². The Kier molecular flexibility index (Phi) is 4.78. The van der Waals surface area contributed by atoms with Crippen molar-refractivity contribution in [1.29, 1.82) is 0 Å². The van der Waals surface area contributed by atoms with Gasteiger partial charge in [0.15, 0.2) is 0 Å². The molecular formula is C14H18Cl2N2O2. The lowest BCUT2D eigenvalue weighted by Crippen LogP contribution is -2.30. The third kappa shape index (κ3) is 2.87. The van der Waals surface area contributed by atoms with Crippen LogP contribution < -0.4 is 11.1 Å². The highest BCUT2D eigenvalue weighted by atomic mass is 35.5. The second kappa shape index (κ2) is 6.20. The van der Waals surface area contributed by atoms with E-state index in [0.29, 0.717) is 35.0 Å². The lowest BCUT2D eigenvalue weighted by molar-refractivity contribution is -0.123. The molecular weight excluding hydrogens is 299 g/mol. The van der Waals surface area contributed by atoms with Crippen molar-refractivity contribution in [3.63, 3.8) is 0 Å². The molecule has 4 nitrogen and oxygen atoms in total. The van der Waals surface area contributed by atoms with Gasteiger partial charge in [-0.2, -0.15) is 0 Å². The van der Waals surface area contributed by atoms with E-state index in [0.717, 1.165) is 0 Å². The molecule has 1 saturated heterocycles. The van der Waals surface area contributed by atoms with Crippen molar-refractivity contribution in [3.8, 4) is 5.75 Å². The summed E-state index contributed by atoms with van der Waals surface area (Å²) in [6.07, 6.45) is 1.42. The summed E-state index contributed by atoms with van der Waals surface area (Å²) in [6.45, 7) is 2.63. The highest BCUT2D eigenvalue weighted by Crippen LogP contribution is 2.42. The van der Waals surface area contributed by atoms with E-state index in [-0.39, 0.29) is 29.5 Å². The lowest BCUT2D eigenvalue weighted by Gasteiger charge is -2.19. The van der Waals surface area contributed by atoms with Gasteiger partial charge in [0.25, 0.3) is 0 Å². The first-order valence-corrected chi connectivity index (χ1v) is 7.40. The Bertz CT molecular complexity index is 522. The van der Waals surface area contributed by atoms with Crippen molar-refractivity contribution < 1.29 is 9.90 Å². The van der Waals surface area contributed by atoms with Gasteiger partial charge < -0.3 is 16.2 Å². The predicted octanol–water partition coefficient (Wildman–Crippen LogP) is 2.86. The van der Waals surface area contributed by atoms with Crippen LogP contribution in [0.25, 0.3) is 0 Å². The van der Waals surface area contributed by atoms with E-state index in [9.17, 15) is 9.90 Å². The molecule has 1 fully saturated rings. The lowest BCUT2D eigenvalue weighted by atomic mass is 9.86. The number of carbonyl (C=O) groups excluding carboxylic acids is 1. The zero-order valence-corrected chi connectivity index (χ0v) is 12.7. The Balaban J connectivity index is 2.22. The van der Waals surface area contributed by atoms with Crippen LogP contribution in [0.3, 0.4) is 0 Å². The molecule has 0 radical (unpaired) electrons. The standard InChI is InChI=1S/C14H18Cl2N2O2/c1-2-8(14(17)20)7-5-10(18-6-7)12-11(19)4-3-9(15)13(12)16/h3-4,7-8,10,18-19H,2,5-6H2,1H3,(H2,17,20)/t7-,8-,10-/m1/s1. The number of halogens is 2. The average molecular weight is 317 g/mol. The number of carbonyl (C=O) groups is 1. The third-order valence-electron chi connectivity index (χ3n) is 4.00. The first kappa shape index (κ1) is 15.4. The summed E-state index contributed by atoms with van der Waals surface area (Å²) in [5.41, 5.74) is 6.03. The smallest absolute Gasteiger partial charge is 0.220 e. The van der Waals surface area contributed by atoms with Crippen molar-refractivity contribution in [1.82, 2.24) is 5.32 Å². The Hall–Kier alpha value is -0.970. The van der Waals surface area contributed by atoms with Crippen LogP contribution in [0, 0.1) is 11.8 Å². The molecule has 1 aliphatic heterocycles. The molecule has 2 rings (SSSR count). The zero-order chi connectivity index (χ0) is 14.9. The summed E-state index contributed by atoms with van der Waals surface area (Å²) in [5, 5.41) is 14.1. The van der Waals surface area contributed by atoms with Gasteiger partial charge in [-0.15, -0.1) is 0 Å². The number of primary amides is 1. The summed E-state index contributed by atoms with van der Waals surface area (Å²) in [7, 11) is 0. The van der Waals surface area contributed by atoms with E-state index in [4.69, 9.17) is 28.9 Å². The van der Waals surface area contributed by atoms with Crippen LogP contribution in [0.2, 0.25) is 10.0 Å². The number of hydrogen-bond donors (Lipinski definition) is 3. The number of amides is 1. The summed E-state index contributed by atoms with van der Waals surface area (Å²) in [5.74, 6) is -0.171. The molecule has 0 saturated carbocycles. The summed E-state index contributed by atoms with van der Waals surface area (Å²) in [6, 6.07) is 2.98. The molecule has 0 spiro atoms. The minimum Gasteiger partial charge on any atom is -0.508 e. The minimum atomic E-state index is -0.277. The Morgan fingerprint density at radius 1 is 1.55 bits per heavy atom. The Labute approximate surface area is 128 Å². The second-order valence-electron chi connectivity index (χ2n) is 5.17. The van der Waals surface area contributed by atoms with Gasteiger partial charge in [-0.1, -0.05) is 30.1 Å². The molecule has 110 valence electrons. The quantitative estimate of drug-likeness (QED) is 0.799. The summed E-state index contributed by atoms with van der Waals surface area (Å²) >= 11 is 12.2. The molecule has 1 amide bonds. The molecule has 0 bridgehead atoms. The van der Waals surface area contributed by atoms with Crippen molar-refractivity contribution in [2.75, 3.05) is 6.54 Å². The minimum absolute atomic E-state index is 0.111. The fourth-order valence-electron chi connectivity index (χ4n) is 2.94. The SMILES string of the molecule is CC[C@@H](C(N)=O)[C@H]1CN[C@@H](c2c(O)ccc(Cl)c2Cl)C1. The summed E-state index contributed by atoms with van der Waals surface area (Å²) < 4.78 is 0. The van der Waals surface area contributed by atoms with Crippen LogP contribution in [0.4, 0.5) is 0 Å². The Morgan fingerprint density at radius 3 is 2.85 bits per heavy atom. The fraction of sp³-hybridized carbons (Fsp3) is 0.500. The first-order chi connectivity index (χ1) is 9.45. The monoisotopic (exact) mass is 316 g/mol. The number of benzene rings is 1. The van der Waals surface area contributed by atoms with Crippen LogP contribution in [0.15, 0.2) is 12.1 Å². The van der Waals surface area contributed by atoms with Gasteiger partial charge in [-0.25, -0.2) is 0 Å². The average Bonchev–Trinajstić information content (AvgIpc) is 2.84. The summed E-state index contributed by atoms with van der Waals surface area (Å²) in [4.78, 5) is 11.4. The van der Waals surface area contributed by atoms with E-state index in [2.05, 4.69) is 5.32 Å². The van der Waals surface area contributed by atoms with Gasteiger partial charge in [-0.3, -0.25) is 4.79 Å². The van der Waals surface area contributed by atoms with Gasteiger partial charge in [0.1, 0.15) is 5.75 Å². The van der Waals surface area contributed by atoms with E-state index in [1.807, 2.05) is 6.92 Å². The number of rotatable bonds is 4. The molecule has 1 aliphatic rings. The number of aromatic hydroxyl groups is 1. The first-order valence-electron chi connectivity index (χ1n) is 6.65. The van der Waals surface area contributed by atoms with Gasteiger partial charge in [0, 0.05) is 17.5 Å². The molecule has 3 atom stereocenters. The van der Waals surface area contributed by atoms with E-state index in [1.165, 1.54) is 6.07 Å². The van der Waals surface area contributed by atoms with E-state index >= 15 is 0 Å². The zero-order valence-electron chi connectivity index (χ0n) is 11.2. The predicted molar refractivity (Wildman–Crippen MR) is 80.0 cm³/mol. The molecule has 0 aromatic heterocycles. The Morgan fingerprint density at radius 2 is 2.25 bits per heavy atom. The van der Waals surface area contributed by atoms with Crippen LogP contribution >= 0.6 is 23.2 Å². The van der Waals surface area contributed by atoms with Crippen molar-refractivity contribution in [2.24, 2.45) is 17.6 Å². The van der Waals surface area contributed by atoms with Crippen molar-refractivity contribution in [3.05, 3.63) is 27.7 Å². The van der Waals surface area contributed by atoms with Crippen LogP contribution in [0.5, 0.6) is 5.75 Å². The van der Waals surface area contributed by atoms with Gasteiger partial charge >= 0.3 is 0 Å². The molecule has 6 heteroatoms. The molecule has 1 aromatic carbocycles. The van der Waals surface area contributed by atoms with Gasteiger partial charge in [-0.05, 0) is 37.4 Å².